The molecule has 1 aromatic heterocycles. The lowest BCUT2D eigenvalue weighted by Gasteiger charge is -2.38. The van der Waals surface area contributed by atoms with Gasteiger partial charge in [-0.2, -0.15) is 4.80 Å². The fourth-order valence-corrected chi connectivity index (χ4v) is 6.10. The molecule has 1 aliphatic carbocycles. The van der Waals surface area contributed by atoms with E-state index < -0.39 is 9.84 Å². The Labute approximate surface area is 171 Å². The molecular formula is C20H27N5O3S. The predicted molar refractivity (Wildman–Crippen MR) is 109 cm³/mol. The standard InChI is InChI=1S/C20H27N5O3S/c1-15-7-9-16(10-8-15)20-21-23-24(22-20)13-19(26)25(17-5-3-2-4-6-17)18-11-12-29(27,28)14-18/h7-10,17-18H,2-6,11-14H2,1H3. The van der Waals surface area contributed by atoms with Crippen LogP contribution in [0, 0.1) is 6.92 Å². The van der Waals surface area contributed by atoms with Crippen LogP contribution in [0.4, 0.5) is 0 Å². The zero-order chi connectivity index (χ0) is 20.4. The molecular weight excluding hydrogens is 390 g/mol. The Bertz CT molecular complexity index is 964. The van der Waals surface area contributed by atoms with Gasteiger partial charge in [0.15, 0.2) is 9.84 Å². The van der Waals surface area contributed by atoms with Crippen molar-refractivity contribution < 1.29 is 13.2 Å². The Kier molecular flexibility index (Phi) is 5.67. The summed E-state index contributed by atoms with van der Waals surface area (Å²) in [5.41, 5.74) is 1.99. The molecule has 1 amide bonds. The molecule has 1 unspecified atom stereocenters. The highest BCUT2D eigenvalue weighted by molar-refractivity contribution is 7.91. The van der Waals surface area contributed by atoms with Crippen LogP contribution in [0.2, 0.25) is 0 Å². The smallest absolute Gasteiger partial charge is 0.246 e. The second-order valence-electron chi connectivity index (χ2n) is 8.16. The minimum atomic E-state index is -3.07. The Morgan fingerprint density at radius 2 is 1.83 bits per heavy atom. The molecule has 0 spiro atoms. The number of carbonyl (C=O) groups excluding carboxylic acids is 1. The first kappa shape index (κ1) is 20.0. The number of nitrogens with zero attached hydrogens (tertiary/aromatic N) is 5. The molecule has 156 valence electrons. The molecule has 8 nitrogen and oxygen atoms in total. The number of benzene rings is 1. The minimum absolute atomic E-state index is 0.0219. The van der Waals surface area contributed by atoms with Crippen molar-refractivity contribution in [2.24, 2.45) is 0 Å². The number of sulfone groups is 1. The van der Waals surface area contributed by atoms with Crippen LogP contribution in [-0.4, -0.2) is 63.0 Å². The summed E-state index contributed by atoms with van der Waals surface area (Å²) in [5, 5.41) is 12.5. The number of aromatic nitrogens is 4. The van der Waals surface area contributed by atoms with E-state index in [0.717, 1.165) is 36.8 Å². The molecule has 0 radical (unpaired) electrons. The summed E-state index contributed by atoms with van der Waals surface area (Å²) in [7, 11) is -3.07. The Balaban J connectivity index is 1.51. The Morgan fingerprint density at radius 3 is 2.48 bits per heavy atom. The number of hydrogen-bond donors (Lipinski definition) is 0. The van der Waals surface area contributed by atoms with Crippen LogP contribution in [-0.2, 0) is 21.2 Å². The number of amides is 1. The number of aryl methyl sites for hydroxylation is 1. The first-order chi connectivity index (χ1) is 13.9. The fourth-order valence-electron chi connectivity index (χ4n) is 4.39. The predicted octanol–water partition coefficient (Wildman–Crippen LogP) is 2.00. The second-order valence-corrected chi connectivity index (χ2v) is 10.4. The first-order valence-electron chi connectivity index (χ1n) is 10.3. The van der Waals surface area contributed by atoms with Crippen LogP contribution in [0.3, 0.4) is 0 Å². The molecule has 0 bridgehead atoms. The lowest BCUT2D eigenvalue weighted by atomic mass is 9.93. The van der Waals surface area contributed by atoms with Crippen molar-refractivity contribution in [3.05, 3.63) is 29.8 Å². The van der Waals surface area contributed by atoms with E-state index in [-0.39, 0.29) is 36.0 Å². The van der Waals surface area contributed by atoms with Gasteiger partial charge in [0, 0.05) is 17.6 Å². The van der Waals surface area contributed by atoms with Crippen molar-refractivity contribution in [2.75, 3.05) is 11.5 Å². The Morgan fingerprint density at radius 1 is 1.10 bits per heavy atom. The molecule has 1 aliphatic heterocycles. The molecule has 0 N–H and O–H groups in total. The zero-order valence-corrected chi connectivity index (χ0v) is 17.5. The van der Waals surface area contributed by atoms with E-state index in [2.05, 4.69) is 15.4 Å². The van der Waals surface area contributed by atoms with Crippen LogP contribution < -0.4 is 0 Å². The normalized spacial score (nSPS) is 21.9. The maximum atomic E-state index is 13.2. The number of hydrogen-bond acceptors (Lipinski definition) is 6. The van der Waals surface area contributed by atoms with Gasteiger partial charge in [0.05, 0.1) is 11.5 Å². The minimum Gasteiger partial charge on any atom is -0.334 e. The van der Waals surface area contributed by atoms with Gasteiger partial charge in [-0.3, -0.25) is 4.79 Å². The van der Waals surface area contributed by atoms with Crippen molar-refractivity contribution in [2.45, 2.75) is 64.1 Å². The highest BCUT2D eigenvalue weighted by atomic mass is 32.2. The molecule has 1 aromatic carbocycles. The molecule has 2 aromatic rings. The highest BCUT2D eigenvalue weighted by Gasteiger charge is 2.38. The molecule has 1 atom stereocenters. The van der Waals surface area contributed by atoms with Crippen molar-refractivity contribution in [1.29, 1.82) is 0 Å². The average Bonchev–Trinajstić information content (AvgIpc) is 3.30. The maximum Gasteiger partial charge on any atom is 0.246 e. The number of carbonyl (C=O) groups is 1. The van der Waals surface area contributed by atoms with Crippen molar-refractivity contribution in [3.8, 4) is 11.4 Å². The summed E-state index contributed by atoms with van der Waals surface area (Å²) in [5.74, 6) is 0.583. The zero-order valence-electron chi connectivity index (χ0n) is 16.7. The largest absolute Gasteiger partial charge is 0.334 e. The van der Waals surface area contributed by atoms with Crippen LogP contribution in [0.1, 0.15) is 44.1 Å². The lowest BCUT2D eigenvalue weighted by Crippen LogP contribution is -2.50. The van der Waals surface area contributed by atoms with E-state index in [4.69, 9.17) is 0 Å². The van der Waals surface area contributed by atoms with Gasteiger partial charge >= 0.3 is 0 Å². The van der Waals surface area contributed by atoms with E-state index in [1.165, 1.54) is 11.2 Å². The van der Waals surface area contributed by atoms with Gasteiger partial charge in [-0.05, 0) is 31.4 Å². The Hall–Kier alpha value is -2.29. The van der Waals surface area contributed by atoms with Crippen molar-refractivity contribution in [3.63, 3.8) is 0 Å². The quantitative estimate of drug-likeness (QED) is 0.738. The van der Waals surface area contributed by atoms with Crippen molar-refractivity contribution >= 4 is 15.7 Å². The average molecular weight is 418 g/mol. The SMILES string of the molecule is Cc1ccc(-c2nnn(CC(=O)N(C3CCCCC3)C3CCS(=O)(=O)C3)n2)cc1. The van der Waals surface area contributed by atoms with E-state index in [1.54, 1.807) is 0 Å². The van der Waals surface area contributed by atoms with E-state index in [9.17, 15) is 13.2 Å². The summed E-state index contributed by atoms with van der Waals surface area (Å²) < 4.78 is 24.0. The molecule has 2 heterocycles. The van der Waals surface area contributed by atoms with E-state index in [1.807, 2.05) is 36.1 Å². The monoisotopic (exact) mass is 417 g/mol. The number of rotatable bonds is 5. The molecule has 29 heavy (non-hydrogen) atoms. The lowest BCUT2D eigenvalue weighted by molar-refractivity contribution is -0.137. The van der Waals surface area contributed by atoms with E-state index in [0.29, 0.717) is 12.2 Å². The summed E-state index contributed by atoms with van der Waals surface area (Å²) in [6.07, 6.45) is 5.71. The van der Waals surface area contributed by atoms with Crippen LogP contribution in [0.5, 0.6) is 0 Å². The first-order valence-corrected chi connectivity index (χ1v) is 12.1. The van der Waals surface area contributed by atoms with Gasteiger partial charge in [0.1, 0.15) is 6.54 Å². The third-order valence-corrected chi connectivity index (χ3v) is 7.65. The molecule has 2 aliphatic rings. The van der Waals surface area contributed by atoms with Gasteiger partial charge in [0.2, 0.25) is 11.7 Å². The van der Waals surface area contributed by atoms with E-state index >= 15 is 0 Å². The topological polar surface area (TPSA) is 98.0 Å². The molecule has 1 saturated carbocycles. The second kappa shape index (κ2) is 8.22. The highest BCUT2D eigenvalue weighted by Crippen LogP contribution is 2.28. The summed E-state index contributed by atoms with van der Waals surface area (Å²) in [6.45, 7) is 1.99. The summed E-state index contributed by atoms with van der Waals surface area (Å²) in [6, 6.07) is 7.68. The van der Waals surface area contributed by atoms with Crippen LogP contribution >= 0.6 is 0 Å². The number of tetrazole rings is 1. The van der Waals surface area contributed by atoms with Gasteiger partial charge in [-0.25, -0.2) is 8.42 Å². The third-order valence-electron chi connectivity index (χ3n) is 5.90. The summed E-state index contributed by atoms with van der Waals surface area (Å²) in [4.78, 5) is 16.4. The molecule has 9 heteroatoms. The van der Waals surface area contributed by atoms with Crippen molar-refractivity contribution in [1.82, 2.24) is 25.1 Å². The van der Waals surface area contributed by atoms with Gasteiger partial charge in [-0.15, -0.1) is 10.2 Å². The maximum absolute atomic E-state index is 13.2. The third kappa shape index (κ3) is 4.66. The van der Waals surface area contributed by atoms with Gasteiger partial charge < -0.3 is 4.90 Å². The fraction of sp³-hybridized carbons (Fsp3) is 0.600. The van der Waals surface area contributed by atoms with Crippen LogP contribution in [0.25, 0.3) is 11.4 Å². The molecule has 4 rings (SSSR count). The molecule has 2 fully saturated rings. The van der Waals surface area contributed by atoms with Crippen LogP contribution in [0.15, 0.2) is 24.3 Å². The summed E-state index contributed by atoms with van der Waals surface area (Å²) >= 11 is 0. The molecule has 1 saturated heterocycles. The van der Waals surface area contributed by atoms with Gasteiger partial charge in [-0.1, -0.05) is 49.1 Å². The van der Waals surface area contributed by atoms with Gasteiger partial charge in [0.25, 0.3) is 0 Å².